The van der Waals surface area contributed by atoms with E-state index in [1.54, 1.807) is 19.0 Å². The summed E-state index contributed by atoms with van der Waals surface area (Å²) < 4.78 is 0. The van der Waals surface area contributed by atoms with Crippen LogP contribution >= 0.6 is 0 Å². The lowest BCUT2D eigenvalue weighted by atomic mass is 9.96. The molecule has 0 spiro atoms. The summed E-state index contributed by atoms with van der Waals surface area (Å²) >= 11 is 0. The summed E-state index contributed by atoms with van der Waals surface area (Å²) in [5.74, 6) is 0.728. The molecule has 5 nitrogen and oxygen atoms in total. The van der Waals surface area contributed by atoms with Crippen molar-refractivity contribution in [3.05, 3.63) is 35.9 Å². The number of carbonyl (C=O) groups is 1. The first kappa shape index (κ1) is 18.9. The Labute approximate surface area is 145 Å². The second-order valence-electron chi connectivity index (χ2n) is 7.03. The Bertz CT molecular complexity index is 499. The predicted molar refractivity (Wildman–Crippen MR) is 96.7 cm³/mol. The van der Waals surface area contributed by atoms with Gasteiger partial charge in [0.05, 0.1) is 12.1 Å². The first-order valence-electron chi connectivity index (χ1n) is 8.87. The molecule has 0 aromatic heterocycles. The normalized spacial score (nSPS) is 19.0. The van der Waals surface area contributed by atoms with E-state index in [0.29, 0.717) is 12.5 Å². The van der Waals surface area contributed by atoms with Crippen LogP contribution in [0.3, 0.4) is 0 Å². The van der Waals surface area contributed by atoms with Crippen LogP contribution in [-0.2, 0) is 4.79 Å². The van der Waals surface area contributed by atoms with E-state index in [-0.39, 0.29) is 11.9 Å². The van der Waals surface area contributed by atoms with Crippen molar-refractivity contribution < 1.29 is 9.90 Å². The van der Waals surface area contributed by atoms with Crippen molar-refractivity contribution in [2.45, 2.75) is 31.9 Å². The van der Waals surface area contributed by atoms with Crippen molar-refractivity contribution in [3.63, 3.8) is 0 Å². The average Bonchev–Trinajstić information content (AvgIpc) is 2.60. The number of hydrogen-bond acceptors (Lipinski definition) is 4. The summed E-state index contributed by atoms with van der Waals surface area (Å²) in [6.45, 7) is 5.52. The SMILES string of the molecule is C[C@@H](NCC1CCN(C[C@@H](O)c2ccccc2)CC1)C(=O)N(C)C. The van der Waals surface area contributed by atoms with Gasteiger partial charge in [0, 0.05) is 20.6 Å². The number of benzene rings is 1. The van der Waals surface area contributed by atoms with Crippen molar-refractivity contribution >= 4 is 5.91 Å². The number of nitrogens with zero attached hydrogens (tertiary/aromatic N) is 2. The fourth-order valence-electron chi connectivity index (χ4n) is 3.22. The molecule has 1 aromatic carbocycles. The number of likely N-dealkylation sites (N-methyl/N-ethyl adjacent to an activating group) is 1. The third-order valence-electron chi connectivity index (χ3n) is 4.85. The molecule has 24 heavy (non-hydrogen) atoms. The number of β-amino-alcohol motifs (C(OH)–C–C–N with tert-alkyl or cyclic N) is 1. The van der Waals surface area contributed by atoms with Gasteiger partial charge in [0.1, 0.15) is 0 Å². The average molecular weight is 333 g/mol. The molecule has 0 unspecified atom stereocenters. The van der Waals surface area contributed by atoms with E-state index in [4.69, 9.17) is 0 Å². The van der Waals surface area contributed by atoms with Gasteiger partial charge in [-0.05, 0) is 50.9 Å². The van der Waals surface area contributed by atoms with Gasteiger partial charge in [0.25, 0.3) is 0 Å². The van der Waals surface area contributed by atoms with E-state index >= 15 is 0 Å². The highest BCUT2D eigenvalue weighted by molar-refractivity contribution is 5.80. The first-order valence-corrected chi connectivity index (χ1v) is 8.87. The molecule has 1 amide bonds. The molecule has 0 aliphatic carbocycles. The number of rotatable bonds is 7. The van der Waals surface area contributed by atoms with Crippen LogP contribution in [0.1, 0.15) is 31.4 Å². The molecular formula is C19H31N3O2. The maximum atomic E-state index is 11.9. The lowest BCUT2D eigenvalue weighted by Gasteiger charge is -2.33. The summed E-state index contributed by atoms with van der Waals surface area (Å²) in [5, 5.41) is 13.7. The highest BCUT2D eigenvalue weighted by Gasteiger charge is 2.23. The van der Waals surface area contributed by atoms with Crippen molar-refractivity contribution in [2.24, 2.45) is 5.92 Å². The predicted octanol–water partition coefficient (Wildman–Crippen LogP) is 1.50. The van der Waals surface area contributed by atoms with E-state index < -0.39 is 6.10 Å². The summed E-state index contributed by atoms with van der Waals surface area (Å²) in [7, 11) is 3.58. The van der Waals surface area contributed by atoms with E-state index in [1.165, 1.54) is 0 Å². The fraction of sp³-hybridized carbons (Fsp3) is 0.632. The van der Waals surface area contributed by atoms with Gasteiger partial charge in [-0.2, -0.15) is 0 Å². The lowest BCUT2D eigenvalue weighted by Crippen LogP contribution is -2.45. The number of piperidine rings is 1. The van der Waals surface area contributed by atoms with Crippen molar-refractivity contribution in [3.8, 4) is 0 Å². The molecule has 1 aliphatic rings. The Balaban J connectivity index is 1.69. The molecule has 0 saturated carbocycles. The Morgan fingerprint density at radius 2 is 1.92 bits per heavy atom. The monoisotopic (exact) mass is 333 g/mol. The van der Waals surface area contributed by atoms with Gasteiger partial charge in [-0.15, -0.1) is 0 Å². The van der Waals surface area contributed by atoms with Gasteiger partial charge in [-0.3, -0.25) is 4.79 Å². The Kier molecular flexibility index (Phi) is 7.21. The zero-order chi connectivity index (χ0) is 17.5. The second kappa shape index (κ2) is 9.16. The summed E-state index contributed by atoms with van der Waals surface area (Å²) in [5.41, 5.74) is 0.984. The highest BCUT2D eigenvalue weighted by Crippen LogP contribution is 2.20. The zero-order valence-electron chi connectivity index (χ0n) is 15.1. The third kappa shape index (κ3) is 5.58. The third-order valence-corrected chi connectivity index (χ3v) is 4.85. The minimum Gasteiger partial charge on any atom is -0.387 e. The molecule has 1 saturated heterocycles. The number of amides is 1. The number of carbonyl (C=O) groups excluding carboxylic acids is 1. The van der Waals surface area contributed by atoms with Gasteiger partial charge in [-0.25, -0.2) is 0 Å². The molecule has 2 N–H and O–H groups in total. The summed E-state index contributed by atoms with van der Waals surface area (Å²) in [6.07, 6.45) is 1.80. The van der Waals surface area contributed by atoms with Gasteiger partial charge >= 0.3 is 0 Å². The minimum absolute atomic E-state index is 0.124. The van der Waals surface area contributed by atoms with Crippen LogP contribution in [0.5, 0.6) is 0 Å². The molecule has 134 valence electrons. The summed E-state index contributed by atoms with van der Waals surface area (Å²) in [6, 6.07) is 9.73. The number of hydrogen-bond donors (Lipinski definition) is 2. The molecular weight excluding hydrogens is 302 g/mol. The maximum absolute atomic E-state index is 11.9. The molecule has 0 radical (unpaired) electrons. The van der Waals surface area contributed by atoms with E-state index in [1.807, 2.05) is 37.3 Å². The highest BCUT2D eigenvalue weighted by atomic mass is 16.3. The van der Waals surface area contributed by atoms with E-state index in [0.717, 1.165) is 38.0 Å². The van der Waals surface area contributed by atoms with Crippen LogP contribution in [0.4, 0.5) is 0 Å². The van der Waals surface area contributed by atoms with Crippen LogP contribution in [0, 0.1) is 5.92 Å². The van der Waals surface area contributed by atoms with Crippen molar-refractivity contribution in [1.82, 2.24) is 15.1 Å². The molecule has 1 heterocycles. The topological polar surface area (TPSA) is 55.8 Å². The number of aliphatic hydroxyl groups excluding tert-OH is 1. The molecule has 2 rings (SSSR count). The van der Waals surface area contributed by atoms with Crippen LogP contribution < -0.4 is 5.32 Å². The Morgan fingerprint density at radius 3 is 2.50 bits per heavy atom. The molecule has 1 aliphatic heterocycles. The van der Waals surface area contributed by atoms with Gasteiger partial charge < -0.3 is 20.2 Å². The molecule has 1 aromatic rings. The quantitative estimate of drug-likeness (QED) is 0.794. The number of nitrogens with one attached hydrogen (secondary N) is 1. The maximum Gasteiger partial charge on any atom is 0.238 e. The molecule has 1 fully saturated rings. The van der Waals surface area contributed by atoms with Crippen molar-refractivity contribution in [1.29, 1.82) is 0 Å². The Morgan fingerprint density at radius 1 is 1.29 bits per heavy atom. The summed E-state index contributed by atoms with van der Waals surface area (Å²) in [4.78, 5) is 15.8. The number of likely N-dealkylation sites (tertiary alicyclic amines) is 1. The second-order valence-corrected chi connectivity index (χ2v) is 7.03. The van der Waals surface area contributed by atoms with Crippen LogP contribution in [0.2, 0.25) is 0 Å². The van der Waals surface area contributed by atoms with Crippen molar-refractivity contribution in [2.75, 3.05) is 40.3 Å². The smallest absolute Gasteiger partial charge is 0.238 e. The lowest BCUT2D eigenvalue weighted by molar-refractivity contribution is -0.130. The van der Waals surface area contributed by atoms with E-state index in [2.05, 4.69) is 10.2 Å². The van der Waals surface area contributed by atoms with E-state index in [9.17, 15) is 9.90 Å². The van der Waals surface area contributed by atoms with Gasteiger partial charge in [0.15, 0.2) is 0 Å². The van der Waals surface area contributed by atoms with Gasteiger partial charge in [0.2, 0.25) is 5.91 Å². The molecule has 0 bridgehead atoms. The first-order chi connectivity index (χ1) is 11.5. The standard InChI is InChI=1S/C19H31N3O2/c1-15(19(24)21(2)3)20-13-16-9-11-22(12-10-16)14-18(23)17-7-5-4-6-8-17/h4-8,15-16,18,20,23H,9-14H2,1-3H3/t15-,18-/m1/s1. The number of aliphatic hydroxyl groups is 1. The van der Waals surface area contributed by atoms with Crippen LogP contribution in [0.25, 0.3) is 0 Å². The molecule has 2 atom stereocenters. The van der Waals surface area contributed by atoms with Crippen LogP contribution in [0.15, 0.2) is 30.3 Å². The van der Waals surface area contributed by atoms with Crippen LogP contribution in [-0.4, -0.2) is 67.1 Å². The fourth-order valence-corrected chi connectivity index (χ4v) is 3.22. The zero-order valence-corrected chi connectivity index (χ0v) is 15.1. The molecule has 5 heteroatoms. The largest absolute Gasteiger partial charge is 0.387 e. The minimum atomic E-state index is -0.418. The van der Waals surface area contributed by atoms with Gasteiger partial charge in [-0.1, -0.05) is 30.3 Å². The Hall–Kier alpha value is -1.43.